The Balaban J connectivity index is 1.57. The summed E-state index contributed by atoms with van der Waals surface area (Å²) in [6.07, 6.45) is 3.58. The van der Waals surface area contributed by atoms with Gasteiger partial charge in [0.1, 0.15) is 12.1 Å². The standard InChI is InChI=1S/C21H31NO2/c1-14(2)18-11-10-15(3)12-20(18)24-21(23)19-13-22(19)16(4)17-8-6-5-7-9-17/h5-9,14-16,18-20H,10-13H2,1-4H3/t15-,16+,18?,19-,20-,22?/m1/s1. The van der Waals surface area contributed by atoms with Crippen molar-refractivity contribution in [1.82, 2.24) is 4.90 Å². The van der Waals surface area contributed by atoms with Crippen molar-refractivity contribution in [1.29, 1.82) is 0 Å². The number of hydrogen-bond acceptors (Lipinski definition) is 3. The van der Waals surface area contributed by atoms with E-state index >= 15 is 0 Å². The fraction of sp³-hybridized carbons (Fsp3) is 0.667. The molecule has 0 radical (unpaired) electrons. The zero-order valence-corrected chi connectivity index (χ0v) is 15.4. The molecule has 1 saturated carbocycles. The van der Waals surface area contributed by atoms with Gasteiger partial charge in [-0.2, -0.15) is 0 Å². The summed E-state index contributed by atoms with van der Waals surface area (Å²) in [5, 5.41) is 0. The summed E-state index contributed by atoms with van der Waals surface area (Å²) in [5.74, 6) is 1.75. The van der Waals surface area contributed by atoms with Crippen molar-refractivity contribution in [3.05, 3.63) is 35.9 Å². The Morgan fingerprint density at radius 3 is 2.54 bits per heavy atom. The molecule has 0 spiro atoms. The highest BCUT2D eigenvalue weighted by Crippen LogP contribution is 2.37. The molecule has 1 aromatic rings. The number of nitrogens with zero attached hydrogens (tertiary/aromatic N) is 1. The predicted octanol–water partition coefficient (Wildman–Crippen LogP) is 4.44. The number of hydrogen-bond donors (Lipinski definition) is 0. The van der Waals surface area contributed by atoms with E-state index in [-0.39, 0.29) is 24.2 Å². The maximum atomic E-state index is 12.6. The molecule has 0 aromatic heterocycles. The average molecular weight is 329 g/mol. The van der Waals surface area contributed by atoms with Crippen LogP contribution in [0.5, 0.6) is 0 Å². The zero-order chi connectivity index (χ0) is 17.3. The molecule has 24 heavy (non-hydrogen) atoms. The van der Waals surface area contributed by atoms with Crippen molar-refractivity contribution in [3.63, 3.8) is 0 Å². The van der Waals surface area contributed by atoms with Gasteiger partial charge in [-0.05, 0) is 43.1 Å². The van der Waals surface area contributed by atoms with Gasteiger partial charge in [-0.15, -0.1) is 0 Å². The SMILES string of the molecule is CC(C)C1CC[C@@H](C)C[C@H]1OC(=O)[C@H]1CN1[C@@H](C)c1ccccc1. The summed E-state index contributed by atoms with van der Waals surface area (Å²) in [7, 11) is 0. The van der Waals surface area contributed by atoms with Gasteiger partial charge >= 0.3 is 5.97 Å². The van der Waals surface area contributed by atoms with Gasteiger partial charge in [0.2, 0.25) is 0 Å². The number of esters is 1. The minimum atomic E-state index is -0.0507. The van der Waals surface area contributed by atoms with Crippen LogP contribution < -0.4 is 0 Å². The fourth-order valence-electron chi connectivity index (χ4n) is 4.19. The largest absolute Gasteiger partial charge is 0.461 e. The fourth-order valence-corrected chi connectivity index (χ4v) is 4.19. The minimum Gasteiger partial charge on any atom is -0.461 e. The number of carbonyl (C=O) groups is 1. The number of benzene rings is 1. The first-order valence-electron chi connectivity index (χ1n) is 9.48. The maximum absolute atomic E-state index is 12.6. The second-order valence-corrected chi connectivity index (χ2v) is 8.10. The molecule has 2 unspecified atom stereocenters. The van der Waals surface area contributed by atoms with Crippen molar-refractivity contribution in [2.45, 2.75) is 65.1 Å². The van der Waals surface area contributed by atoms with Crippen molar-refractivity contribution in [2.75, 3.05) is 6.54 Å². The highest BCUT2D eigenvalue weighted by Gasteiger charge is 2.46. The Morgan fingerprint density at radius 2 is 1.88 bits per heavy atom. The van der Waals surface area contributed by atoms with E-state index in [0.29, 0.717) is 17.8 Å². The van der Waals surface area contributed by atoms with Crippen molar-refractivity contribution in [2.24, 2.45) is 17.8 Å². The third kappa shape index (κ3) is 3.83. The molecule has 132 valence electrons. The Morgan fingerprint density at radius 1 is 1.17 bits per heavy atom. The second-order valence-electron chi connectivity index (χ2n) is 8.10. The smallest absolute Gasteiger partial charge is 0.325 e. The molecular weight excluding hydrogens is 298 g/mol. The highest BCUT2D eigenvalue weighted by molar-refractivity contribution is 5.79. The summed E-state index contributed by atoms with van der Waals surface area (Å²) in [6, 6.07) is 10.6. The van der Waals surface area contributed by atoms with Crippen molar-refractivity contribution < 1.29 is 9.53 Å². The molecule has 1 aromatic carbocycles. The predicted molar refractivity (Wildman–Crippen MR) is 96.6 cm³/mol. The number of rotatable bonds is 5. The van der Waals surface area contributed by atoms with E-state index in [1.54, 1.807) is 0 Å². The molecule has 0 bridgehead atoms. The first-order valence-corrected chi connectivity index (χ1v) is 9.48. The van der Waals surface area contributed by atoms with Gasteiger partial charge in [0.15, 0.2) is 0 Å². The molecule has 2 fully saturated rings. The van der Waals surface area contributed by atoms with E-state index < -0.39 is 0 Å². The van der Waals surface area contributed by atoms with Gasteiger partial charge in [0.05, 0.1) is 0 Å². The average Bonchev–Trinajstić information content (AvgIpc) is 3.35. The van der Waals surface area contributed by atoms with Crippen LogP contribution in [0.4, 0.5) is 0 Å². The third-order valence-electron chi connectivity index (χ3n) is 5.93. The van der Waals surface area contributed by atoms with Gasteiger partial charge in [-0.1, -0.05) is 57.5 Å². The lowest BCUT2D eigenvalue weighted by Gasteiger charge is -2.36. The van der Waals surface area contributed by atoms with Crippen LogP contribution >= 0.6 is 0 Å². The van der Waals surface area contributed by atoms with Gasteiger partial charge < -0.3 is 4.74 Å². The highest BCUT2D eigenvalue weighted by atomic mass is 16.5. The summed E-state index contributed by atoms with van der Waals surface area (Å²) >= 11 is 0. The molecule has 0 N–H and O–H groups in total. The van der Waals surface area contributed by atoms with Crippen LogP contribution in [-0.2, 0) is 9.53 Å². The van der Waals surface area contributed by atoms with Crippen LogP contribution in [0.25, 0.3) is 0 Å². The van der Waals surface area contributed by atoms with Crippen molar-refractivity contribution in [3.8, 4) is 0 Å². The van der Waals surface area contributed by atoms with E-state index in [9.17, 15) is 4.79 Å². The summed E-state index contributed by atoms with van der Waals surface area (Å²) in [4.78, 5) is 14.9. The van der Waals surface area contributed by atoms with Crippen LogP contribution in [-0.4, -0.2) is 29.6 Å². The Bertz CT molecular complexity index is 556. The molecule has 3 nitrogen and oxygen atoms in total. The molecule has 1 aliphatic carbocycles. The van der Waals surface area contributed by atoms with Crippen molar-refractivity contribution >= 4 is 5.97 Å². The number of ether oxygens (including phenoxy) is 1. The van der Waals surface area contributed by atoms with Crippen LogP contribution in [0, 0.1) is 17.8 Å². The quantitative estimate of drug-likeness (QED) is 0.591. The van der Waals surface area contributed by atoms with Crippen LogP contribution in [0.3, 0.4) is 0 Å². The van der Waals surface area contributed by atoms with Gasteiger partial charge in [-0.25, -0.2) is 0 Å². The molecular formula is C21H31NO2. The Labute approximate surface area is 146 Å². The molecule has 3 heteroatoms. The molecule has 3 rings (SSSR count). The topological polar surface area (TPSA) is 29.3 Å². The van der Waals surface area contributed by atoms with E-state index in [4.69, 9.17) is 4.74 Å². The third-order valence-corrected chi connectivity index (χ3v) is 5.93. The molecule has 1 heterocycles. The summed E-state index contributed by atoms with van der Waals surface area (Å²) in [5.41, 5.74) is 1.26. The lowest BCUT2D eigenvalue weighted by molar-refractivity contribution is -0.156. The first-order chi connectivity index (χ1) is 11.5. The van der Waals surface area contributed by atoms with Crippen LogP contribution in [0.1, 0.15) is 58.6 Å². The van der Waals surface area contributed by atoms with Gasteiger partial charge in [0, 0.05) is 12.6 Å². The Hall–Kier alpha value is -1.35. The van der Waals surface area contributed by atoms with Gasteiger partial charge in [-0.3, -0.25) is 9.69 Å². The first kappa shape index (κ1) is 17.5. The second kappa shape index (κ2) is 7.26. The molecule has 2 aliphatic rings. The lowest BCUT2D eigenvalue weighted by Crippen LogP contribution is -2.37. The lowest BCUT2D eigenvalue weighted by atomic mass is 9.75. The molecule has 1 aliphatic heterocycles. The monoisotopic (exact) mass is 329 g/mol. The van der Waals surface area contributed by atoms with E-state index in [1.165, 1.54) is 18.4 Å². The maximum Gasteiger partial charge on any atom is 0.325 e. The number of carbonyl (C=O) groups excluding carboxylic acids is 1. The van der Waals surface area contributed by atoms with Crippen LogP contribution in [0.2, 0.25) is 0 Å². The van der Waals surface area contributed by atoms with E-state index in [0.717, 1.165) is 13.0 Å². The van der Waals surface area contributed by atoms with E-state index in [1.807, 2.05) is 6.07 Å². The van der Waals surface area contributed by atoms with E-state index in [2.05, 4.69) is 56.9 Å². The minimum absolute atomic E-state index is 0.0115. The normalized spacial score (nSPS) is 34.0. The summed E-state index contributed by atoms with van der Waals surface area (Å²) < 4.78 is 6.00. The molecule has 0 amide bonds. The zero-order valence-electron chi connectivity index (χ0n) is 15.4. The van der Waals surface area contributed by atoms with Gasteiger partial charge in [0.25, 0.3) is 0 Å². The molecule has 6 atom stereocenters. The summed E-state index contributed by atoms with van der Waals surface area (Å²) in [6.45, 7) is 9.77. The van der Waals surface area contributed by atoms with Crippen LogP contribution in [0.15, 0.2) is 30.3 Å². The molecule has 1 saturated heterocycles. The Kier molecular flexibility index (Phi) is 5.29.